The molecule has 6 rings (SSSR count). The molecule has 1 unspecified atom stereocenters. The van der Waals surface area contributed by atoms with Crippen LogP contribution in [0.15, 0.2) is 64.3 Å². The molecule has 40 heavy (non-hydrogen) atoms. The number of nitrogens with zero attached hydrogens (tertiary/aromatic N) is 3. The molecule has 202 valence electrons. The van der Waals surface area contributed by atoms with E-state index in [9.17, 15) is 19.2 Å². The van der Waals surface area contributed by atoms with Gasteiger partial charge in [-0.3, -0.25) is 19.3 Å². The average molecular weight is 556 g/mol. The van der Waals surface area contributed by atoms with Crippen LogP contribution in [0.4, 0.5) is 10.8 Å². The van der Waals surface area contributed by atoms with Crippen LogP contribution in [0, 0.1) is 13.8 Å². The summed E-state index contributed by atoms with van der Waals surface area (Å²) in [6.45, 7) is 9.37. The van der Waals surface area contributed by atoms with E-state index in [1.807, 2.05) is 19.9 Å². The van der Waals surface area contributed by atoms with E-state index in [-0.39, 0.29) is 38.9 Å². The lowest BCUT2D eigenvalue weighted by atomic mass is 9.84. The fraction of sp³-hybridized carbons (Fsp3) is 0.233. The number of rotatable bonds is 6. The average Bonchev–Trinajstić information content (AvgIpc) is 3.53. The van der Waals surface area contributed by atoms with Crippen LogP contribution in [-0.4, -0.2) is 35.9 Å². The van der Waals surface area contributed by atoms with Gasteiger partial charge in [0.25, 0.3) is 11.8 Å². The number of carbonyl (C=O) groups excluding carboxylic acids is 3. The number of fused-ring (bicyclic) bond motifs is 5. The zero-order valence-corrected chi connectivity index (χ0v) is 23.0. The van der Waals surface area contributed by atoms with Crippen molar-refractivity contribution in [2.24, 2.45) is 0 Å². The number of aryl methyl sites for hydroxylation is 2. The van der Waals surface area contributed by atoms with E-state index in [0.29, 0.717) is 29.9 Å². The van der Waals surface area contributed by atoms with Crippen LogP contribution in [-0.2, 0) is 15.1 Å². The third kappa shape index (κ3) is 3.35. The molecule has 0 saturated heterocycles. The summed E-state index contributed by atoms with van der Waals surface area (Å²) in [5.74, 6) is -1.98. The zero-order valence-electron chi connectivity index (χ0n) is 22.1. The summed E-state index contributed by atoms with van der Waals surface area (Å²) in [5, 5.41) is 0.358. The number of para-hydroxylation sites is 1. The quantitative estimate of drug-likeness (QED) is 0.247. The predicted octanol–water partition coefficient (Wildman–Crippen LogP) is 4.87. The molecular formula is C30H25N3O6S. The molecule has 4 aromatic rings. The van der Waals surface area contributed by atoms with Gasteiger partial charge in [-0.15, -0.1) is 0 Å². The number of thiazole rings is 1. The highest BCUT2D eigenvalue weighted by Gasteiger charge is 2.66. The predicted molar refractivity (Wildman–Crippen MR) is 151 cm³/mol. The first-order valence-corrected chi connectivity index (χ1v) is 13.7. The molecule has 4 heterocycles. The maximum Gasteiger partial charge on any atom is 0.350 e. The first kappa shape index (κ1) is 25.7. The Labute approximate surface area is 233 Å². The van der Waals surface area contributed by atoms with E-state index in [1.165, 1.54) is 11.0 Å². The summed E-state index contributed by atoms with van der Waals surface area (Å²) >= 11 is 0.925. The topological polar surface area (TPSA) is 110 Å². The van der Waals surface area contributed by atoms with Crippen LogP contribution in [0.3, 0.4) is 0 Å². The van der Waals surface area contributed by atoms with E-state index in [2.05, 4.69) is 11.6 Å². The number of anilines is 2. The molecular weight excluding hydrogens is 530 g/mol. The number of hydrogen-bond acceptors (Lipinski definition) is 8. The molecule has 0 aliphatic carbocycles. The normalized spacial score (nSPS) is 17.6. The van der Waals surface area contributed by atoms with E-state index < -0.39 is 28.8 Å². The minimum absolute atomic E-state index is 0.00575. The maximum absolute atomic E-state index is 14.6. The molecule has 2 aromatic heterocycles. The molecule has 0 fully saturated rings. The molecule has 0 N–H and O–H groups in total. The van der Waals surface area contributed by atoms with Crippen LogP contribution in [0.25, 0.3) is 11.0 Å². The standard InChI is InChI=1S/C30H25N3O6S/c1-5-13-32-20-10-8-7-9-19(20)30(28(32)37)22-23(34)18-15-16(3)11-12-21(18)39-24(22)26(35)33(30)29-31-17(4)25(40-29)27(36)38-14-6-2/h6-12,15H,2,5,13-14H2,1,3-4H3. The SMILES string of the molecule is C=CCOC(=O)c1sc(N2C(=O)c3oc4ccc(C)cc4c(=O)c3C23C(=O)N(CCC)c2ccccc23)nc1C. The number of ether oxygens (including phenoxy) is 1. The van der Waals surface area contributed by atoms with Gasteiger partial charge in [0.05, 0.1) is 22.3 Å². The molecule has 2 aromatic carbocycles. The molecule has 9 nitrogen and oxygen atoms in total. The largest absolute Gasteiger partial charge is 0.457 e. The Balaban J connectivity index is 1.69. The zero-order chi connectivity index (χ0) is 28.3. The fourth-order valence-corrected chi connectivity index (χ4v) is 6.60. The van der Waals surface area contributed by atoms with Crippen molar-refractivity contribution in [1.82, 2.24) is 4.98 Å². The third-order valence-corrected chi connectivity index (χ3v) is 8.34. The van der Waals surface area contributed by atoms with Crippen molar-refractivity contribution < 1.29 is 23.5 Å². The number of hydrogen-bond donors (Lipinski definition) is 0. The Bertz CT molecular complexity index is 1820. The summed E-state index contributed by atoms with van der Waals surface area (Å²) in [6, 6.07) is 12.2. The molecule has 2 aliphatic heterocycles. The van der Waals surface area contributed by atoms with Crippen LogP contribution in [0.2, 0.25) is 0 Å². The highest BCUT2D eigenvalue weighted by molar-refractivity contribution is 7.17. The molecule has 1 atom stereocenters. The molecule has 2 amide bonds. The van der Waals surface area contributed by atoms with Gasteiger partial charge in [0.15, 0.2) is 16.1 Å². The van der Waals surface area contributed by atoms with Gasteiger partial charge in [0.2, 0.25) is 5.76 Å². The van der Waals surface area contributed by atoms with Crippen molar-refractivity contribution in [3.63, 3.8) is 0 Å². The minimum atomic E-state index is -1.86. The maximum atomic E-state index is 14.6. The van der Waals surface area contributed by atoms with Crippen molar-refractivity contribution in [3.8, 4) is 0 Å². The van der Waals surface area contributed by atoms with E-state index in [4.69, 9.17) is 9.15 Å². The van der Waals surface area contributed by atoms with Crippen molar-refractivity contribution in [1.29, 1.82) is 0 Å². The molecule has 0 bridgehead atoms. The van der Waals surface area contributed by atoms with Gasteiger partial charge < -0.3 is 14.1 Å². The highest BCUT2D eigenvalue weighted by Crippen LogP contribution is 2.54. The third-order valence-electron chi connectivity index (χ3n) is 7.22. The lowest BCUT2D eigenvalue weighted by Gasteiger charge is -2.32. The summed E-state index contributed by atoms with van der Waals surface area (Å²) < 4.78 is 11.3. The lowest BCUT2D eigenvalue weighted by molar-refractivity contribution is -0.121. The van der Waals surface area contributed by atoms with Gasteiger partial charge >= 0.3 is 5.97 Å². The summed E-state index contributed by atoms with van der Waals surface area (Å²) in [5.41, 5.74) is 0.116. The second-order valence-electron chi connectivity index (χ2n) is 9.76. The Morgan fingerprint density at radius 1 is 1.18 bits per heavy atom. The summed E-state index contributed by atoms with van der Waals surface area (Å²) in [6.07, 6.45) is 2.10. The molecule has 0 saturated carbocycles. The van der Waals surface area contributed by atoms with Crippen molar-refractivity contribution in [2.45, 2.75) is 32.7 Å². The molecule has 0 radical (unpaired) electrons. The fourth-order valence-electron chi connectivity index (χ4n) is 5.59. The number of carbonyl (C=O) groups is 3. The first-order chi connectivity index (χ1) is 19.2. The van der Waals surface area contributed by atoms with Crippen molar-refractivity contribution in [3.05, 3.63) is 98.4 Å². The van der Waals surface area contributed by atoms with Crippen LogP contribution in [0.5, 0.6) is 0 Å². The first-order valence-electron chi connectivity index (χ1n) is 12.8. The van der Waals surface area contributed by atoms with E-state index >= 15 is 0 Å². The van der Waals surface area contributed by atoms with Crippen LogP contribution < -0.4 is 15.2 Å². The Kier molecular flexibility index (Phi) is 5.95. The number of esters is 1. The monoisotopic (exact) mass is 555 g/mol. The number of amides is 2. The van der Waals surface area contributed by atoms with Crippen LogP contribution in [0.1, 0.15) is 56.0 Å². The number of benzene rings is 2. The highest BCUT2D eigenvalue weighted by atomic mass is 32.1. The van der Waals surface area contributed by atoms with E-state index in [1.54, 1.807) is 48.2 Å². The van der Waals surface area contributed by atoms with Crippen molar-refractivity contribution >= 4 is 50.9 Å². The molecule has 2 aliphatic rings. The van der Waals surface area contributed by atoms with E-state index in [0.717, 1.165) is 16.9 Å². The lowest BCUT2D eigenvalue weighted by Crippen LogP contribution is -2.53. The number of aromatic nitrogens is 1. The van der Waals surface area contributed by atoms with Crippen molar-refractivity contribution in [2.75, 3.05) is 23.0 Å². The molecule has 1 spiro atoms. The second kappa shape index (κ2) is 9.27. The van der Waals surface area contributed by atoms with Gasteiger partial charge in [0, 0.05) is 12.1 Å². The Morgan fingerprint density at radius 2 is 1.95 bits per heavy atom. The minimum Gasteiger partial charge on any atom is -0.457 e. The Morgan fingerprint density at radius 3 is 2.70 bits per heavy atom. The Hall–Kier alpha value is -4.57. The van der Waals surface area contributed by atoms with Gasteiger partial charge in [-0.1, -0.05) is 60.7 Å². The smallest absolute Gasteiger partial charge is 0.350 e. The summed E-state index contributed by atoms with van der Waals surface area (Å²) in [7, 11) is 0. The molecule has 10 heteroatoms. The van der Waals surface area contributed by atoms with Gasteiger partial charge in [-0.05, 0) is 38.5 Å². The summed E-state index contributed by atoms with van der Waals surface area (Å²) in [4.78, 5) is 63.5. The van der Waals surface area contributed by atoms with Gasteiger partial charge in [0.1, 0.15) is 17.1 Å². The van der Waals surface area contributed by atoms with Gasteiger partial charge in [-0.25, -0.2) is 9.78 Å². The van der Waals surface area contributed by atoms with Gasteiger partial charge in [-0.2, -0.15) is 0 Å². The second-order valence-corrected chi connectivity index (χ2v) is 10.7. The van der Waals surface area contributed by atoms with Crippen LogP contribution >= 0.6 is 11.3 Å².